The van der Waals surface area contributed by atoms with E-state index >= 15 is 0 Å². The van der Waals surface area contributed by atoms with Crippen LogP contribution in [-0.2, 0) is 6.54 Å². The van der Waals surface area contributed by atoms with Gasteiger partial charge in [-0.25, -0.2) is 8.78 Å². The van der Waals surface area contributed by atoms with Crippen LogP contribution in [0.1, 0.15) is 12.0 Å². The number of quaternary nitrogens is 2. The summed E-state index contributed by atoms with van der Waals surface area (Å²) in [5.74, 6) is -0.637. The Morgan fingerprint density at radius 2 is 1.94 bits per heavy atom. The molecule has 1 saturated heterocycles. The third-order valence-electron chi connectivity index (χ3n) is 3.49. The molecule has 1 aromatic rings. The highest BCUT2D eigenvalue weighted by Gasteiger charge is 2.19. The molecule has 94 valence electrons. The number of nitrogens with one attached hydrogen (secondary N) is 2. The van der Waals surface area contributed by atoms with E-state index in [1.54, 1.807) is 0 Å². The molecule has 0 aliphatic carbocycles. The first-order valence-corrected chi connectivity index (χ1v) is 6.24. The molecule has 0 saturated carbocycles. The molecule has 2 unspecified atom stereocenters. The second kappa shape index (κ2) is 5.56. The zero-order valence-electron chi connectivity index (χ0n) is 10.2. The van der Waals surface area contributed by atoms with Gasteiger partial charge < -0.3 is 9.80 Å². The largest absolute Gasteiger partial charge is 0.333 e. The highest BCUT2D eigenvalue weighted by molar-refractivity contribution is 5.17. The zero-order valence-corrected chi connectivity index (χ0v) is 10.2. The number of rotatable bonds is 2. The summed E-state index contributed by atoms with van der Waals surface area (Å²) >= 11 is 0. The first kappa shape index (κ1) is 12.5. The molecular weight excluding hydrogens is 222 g/mol. The van der Waals surface area contributed by atoms with E-state index in [9.17, 15) is 8.78 Å². The first-order valence-electron chi connectivity index (χ1n) is 6.24. The summed E-state index contributed by atoms with van der Waals surface area (Å²) in [5.41, 5.74) is 0.500. The maximum Gasteiger partial charge on any atom is 0.132 e. The van der Waals surface area contributed by atoms with Gasteiger partial charge in [0.1, 0.15) is 31.3 Å². The van der Waals surface area contributed by atoms with Crippen LogP contribution >= 0.6 is 0 Å². The van der Waals surface area contributed by atoms with Crippen LogP contribution in [0.25, 0.3) is 0 Å². The van der Waals surface area contributed by atoms with Crippen molar-refractivity contribution >= 4 is 0 Å². The van der Waals surface area contributed by atoms with E-state index in [0.29, 0.717) is 12.1 Å². The van der Waals surface area contributed by atoms with Gasteiger partial charge in [0, 0.05) is 12.0 Å². The lowest BCUT2D eigenvalue weighted by Crippen LogP contribution is -3.15. The lowest BCUT2D eigenvalue weighted by molar-refractivity contribution is -0.938. The Labute approximate surface area is 101 Å². The van der Waals surface area contributed by atoms with Gasteiger partial charge in [-0.1, -0.05) is 0 Å². The van der Waals surface area contributed by atoms with E-state index in [1.807, 2.05) is 0 Å². The lowest BCUT2D eigenvalue weighted by Gasteiger charge is -2.16. The van der Waals surface area contributed by atoms with Gasteiger partial charge in [-0.15, -0.1) is 0 Å². The maximum atomic E-state index is 13.5. The van der Waals surface area contributed by atoms with Crippen molar-refractivity contribution in [2.24, 2.45) is 0 Å². The minimum atomic E-state index is -0.349. The fraction of sp³-hybridized carbons (Fsp3) is 0.538. The smallest absolute Gasteiger partial charge is 0.132 e. The third kappa shape index (κ3) is 3.48. The molecule has 1 aliphatic rings. The van der Waals surface area contributed by atoms with Crippen molar-refractivity contribution in [3.05, 3.63) is 35.4 Å². The topological polar surface area (TPSA) is 8.88 Å². The van der Waals surface area contributed by atoms with Crippen LogP contribution < -0.4 is 9.80 Å². The molecular formula is C13H20F2N2+2. The quantitative estimate of drug-likeness (QED) is 0.676. The molecule has 1 aromatic carbocycles. The second-order valence-corrected chi connectivity index (χ2v) is 4.97. The van der Waals surface area contributed by atoms with Crippen molar-refractivity contribution in [3.63, 3.8) is 0 Å². The number of likely N-dealkylation sites (N-methyl/N-ethyl adjacent to an activating group) is 1. The van der Waals surface area contributed by atoms with Gasteiger partial charge in [0.25, 0.3) is 0 Å². The van der Waals surface area contributed by atoms with E-state index in [4.69, 9.17) is 0 Å². The zero-order chi connectivity index (χ0) is 12.3. The van der Waals surface area contributed by atoms with Crippen LogP contribution in [0.15, 0.2) is 18.2 Å². The monoisotopic (exact) mass is 242 g/mol. The molecule has 0 radical (unpaired) electrons. The van der Waals surface area contributed by atoms with E-state index in [1.165, 1.54) is 34.5 Å². The standard InChI is InChI=1S/C13H18F2N2/c1-16-5-2-6-17(8-7-16)10-11-9-12(14)3-4-13(11)15/h3-4,9H,2,5-8,10H2,1H3/p+2. The number of benzene rings is 1. The van der Waals surface area contributed by atoms with E-state index in [0.717, 1.165) is 26.1 Å². The van der Waals surface area contributed by atoms with E-state index < -0.39 is 0 Å². The minimum Gasteiger partial charge on any atom is -0.333 e. The van der Waals surface area contributed by atoms with Gasteiger partial charge in [0.15, 0.2) is 0 Å². The Morgan fingerprint density at radius 3 is 2.76 bits per heavy atom. The maximum absolute atomic E-state index is 13.5. The van der Waals surface area contributed by atoms with Crippen LogP contribution in [0.2, 0.25) is 0 Å². The normalized spacial score (nSPS) is 25.6. The predicted octanol–water partition coefficient (Wildman–Crippen LogP) is -0.732. The number of hydrogen-bond acceptors (Lipinski definition) is 0. The minimum absolute atomic E-state index is 0.288. The van der Waals surface area contributed by atoms with Crippen LogP contribution in [0, 0.1) is 11.6 Å². The van der Waals surface area contributed by atoms with Gasteiger partial charge in [0.2, 0.25) is 0 Å². The molecule has 2 rings (SSSR count). The van der Waals surface area contributed by atoms with Crippen LogP contribution in [0.3, 0.4) is 0 Å². The average Bonchev–Trinajstić information content (AvgIpc) is 2.49. The molecule has 1 aliphatic heterocycles. The molecule has 2 nitrogen and oxygen atoms in total. The summed E-state index contributed by atoms with van der Waals surface area (Å²) in [6.07, 6.45) is 1.15. The van der Waals surface area contributed by atoms with Crippen molar-refractivity contribution in [1.29, 1.82) is 0 Å². The van der Waals surface area contributed by atoms with Gasteiger partial charge in [-0.2, -0.15) is 0 Å². The van der Waals surface area contributed by atoms with Gasteiger partial charge in [0.05, 0.1) is 20.1 Å². The Kier molecular flexibility index (Phi) is 4.07. The van der Waals surface area contributed by atoms with E-state index in [-0.39, 0.29) is 11.6 Å². The van der Waals surface area contributed by atoms with Crippen LogP contribution in [-0.4, -0.2) is 33.2 Å². The van der Waals surface area contributed by atoms with Crippen molar-refractivity contribution in [2.75, 3.05) is 33.2 Å². The van der Waals surface area contributed by atoms with Crippen LogP contribution in [0.4, 0.5) is 8.78 Å². The molecule has 1 heterocycles. The van der Waals surface area contributed by atoms with E-state index in [2.05, 4.69) is 7.05 Å². The van der Waals surface area contributed by atoms with Crippen molar-refractivity contribution in [3.8, 4) is 0 Å². The average molecular weight is 242 g/mol. The van der Waals surface area contributed by atoms with Gasteiger partial charge in [-0.3, -0.25) is 0 Å². The van der Waals surface area contributed by atoms with Crippen molar-refractivity contribution in [2.45, 2.75) is 13.0 Å². The molecule has 4 heteroatoms. The fourth-order valence-corrected chi connectivity index (χ4v) is 2.41. The molecule has 0 aromatic heterocycles. The first-order chi connectivity index (χ1) is 8.15. The van der Waals surface area contributed by atoms with Crippen molar-refractivity contribution < 1.29 is 18.6 Å². The molecule has 2 N–H and O–H groups in total. The fourth-order valence-electron chi connectivity index (χ4n) is 2.41. The van der Waals surface area contributed by atoms with Gasteiger partial charge in [-0.05, 0) is 18.2 Å². The van der Waals surface area contributed by atoms with Gasteiger partial charge >= 0.3 is 0 Å². The summed E-state index contributed by atoms with van der Waals surface area (Å²) < 4.78 is 26.6. The Morgan fingerprint density at radius 1 is 1.12 bits per heavy atom. The number of hydrogen-bond donors (Lipinski definition) is 2. The molecule has 2 atom stereocenters. The van der Waals surface area contributed by atoms with Crippen LogP contribution in [0.5, 0.6) is 0 Å². The molecule has 0 bridgehead atoms. The summed E-state index contributed by atoms with van der Waals surface area (Å²) in [4.78, 5) is 2.88. The third-order valence-corrected chi connectivity index (χ3v) is 3.49. The summed E-state index contributed by atoms with van der Waals surface area (Å²) in [7, 11) is 2.19. The Balaban J connectivity index is 2.02. The number of halogens is 2. The molecule has 0 amide bonds. The SMILES string of the molecule is C[NH+]1CCC[NH+](Cc2cc(F)ccc2F)CC1. The predicted molar refractivity (Wildman–Crippen MR) is 62.0 cm³/mol. The second-order valence-electron chi connectivity index (χ2n) is 4.97. The highest BCUT2D eigenvalue weighted by Crippen LogP contribution is 2.08. The molecule has 0 spiro atoms. The summed E-state index contributed by atoms with van der Waals surface area (Å²) in [6, 6.07) is 3.72. The highest BCUT2D eigenvalue weighted by atomic mass is 19.1. The lowest BCUT2D eigenvalue weighted by atomic mass is 10.2. The Bertz CT molecular complexity index is 382. The molecule has 17 heavy (non-hydrogen) atoms. The summed E-state index contributed by atoms with van der Waals surface area (Å²) in [5, 5.41) is 0. The van der Waals surface area contributed by atoms with Crippen molar-refractivity contribution in [1.82, 2.24) is 0 Å². The summed E-state index contributed by atoms with van der Waals surface area (Å²) in [6.45, 7) is 4.95. The Hall–Kier alpha value is -1.00. The molecule has 1 fully saturated rings.